The fourth-order valence-electron chi connectivity index (χ4n) is 3.01. The van der Waals surface area contributed by atoms with E-state index >= 15 is 0 Å². The first-order valence-corrected chi connectivity index (χ1v) is 11.1. The number of hydrogen-bond donors (Lipinski definition) is 2. The molecule has 3 aromatic rings. The number of nitrogens with zero attached hydrogens (tertiary/aromatic N) is 1. The van der Waals surface area contributed by atoms with Crippen LogP contribution in [0.2, 0.25) is 0 Å². The van der Waals surface area contributed by atoms with Crippen molar-refractivity contribution >= 4 is 35.8 Å². The number of aromatic carboxylic acids is 1. The van der Waals surface area contributed by atoms with Crippen molar-refractivity contribution in [2.75, 3.05) is 19.3 Å². The molecule has 2 N–H and O–H groups in total. The van der Waals surface area contributed by atoms with Crippen molar-refractivity contribution in [2.45, 2.75) is 13.8 Å². The van der Waals surface area contributed by atoms with Crippen molar-refractivity contribution in [3.8, 4) is 16.2 Å². The average Bonchev–Trinajstić information content (AvgIpc) is 3.11. The Morgan fingerprint density at radius 2 is 1.97 bits per heavy atom. The van der Waals surface area contributed by atoms with Gasteiger partial charge in [0.05, 0.1) is 23.7 Å². The predicted octanol–water partition coefficient (Wildman–Crippen LogP) is 4.71. The molecule has 0 saturated heterocycles. The number of benzene rings is 1. The largest absolute Gasteiger partial charge is 0.496 e. The van der Waals surface area contributed by atoms with Crippen LogP contribution in [0, 0.1) is 13.8 Å². The number of methoxy groups -OCH3 is 1. The molecule has 152 valence electrons. The molecule has 0 aliphatic rings. The van der Waals surface area contributed by atoms with Crippen LogP contribution in [-0.4, -0.2) is 30.3 Å². The number of nitrogens with one attached hydrogen (secondary N) is 1. The highest BCUT2D eigenvalue weighted by Crippen LogP contribution is 2.49. The van der Waals surface area contributed by atoms with E-state index in [2.05, 4.69) is 10.1 Å². The second-order valence-electron chi connectivity index (χ2n) is 6.37. The van der Waals surface area contributed by atoms with Gasteiger partial charge in [0.25, 0.3) is 0 Å². The molecule has 0 spiro atoms. The van der Waals surface area contributed by atoms with Gasteiger partial charge in [0.15, 0.2) is 0 Å². The van der Waals surface area contributed by atoms with Gasteiger partial charge in [-0.25, -0.2) is 4.79 Å². The number of carboxylic acids is 1. The Hall–Kier alpha value is -2.67. The van der Waals surface area contributed by atoms with E-state index in [-0.39, 0.29) is 10.6 Å². The van der Waals surface area contributed by atoms with Crippen molar-refractivity contribution in [3.05, 3.63) is 58.7 Å². The second kappa shape index (κ2) is 8.37. The molecule has 0 aliphatic carbocycles. The molecular weight excluding hydrogens is 411 g/mol. The molecule has 1 aromatic carbocycles. The lowest BCUT2D eigenvalue weighted by atomic mass is 10.2. The van der Waals surface area contributed by atoms with Gasteiger partial charge in [-0.3, -0.25) is 9.55 Å². The highest BCUT2D eigenvalue weighted by atomic mass is 32.1. The maximum Gasteiger partial charge on any atom is 0.348 e. The number of thiophene rings is 1. The van der Waals surface area contributed by atoms with Crippen molar-refractivity contribution in [1.82, 2.24) is 4.98 Å². The number of ether oxygens (including phenoxy) is 1. The predicted molar refractivity (Wildman–Crippen MR) is 115 cm³/mol. The first-order valence-electron chi connectivity index (χ1n) is 8.66. The van der Waals surface area contributed by atoms with Crippen molar-refractivity contribution in [3.63, 3.8) is 0 Å². The van der Waals surface area contributed by atoms with Crippen molar-refractivity contribution in [2.24, 2.45) is 0 Å². The number of rotatable bonds is 7. The van der Waals surface area contributed by atoms with E-state index in [0.717, 1.165) is 22.5 Å². The molecule has 0 bridgehead atoms. The van der Waals surface area contributed by atoms with E-state index in [1.54, 1.807) is 30.6 Å². The van der Waals surface area contributed by atoms with Gasteiger partial charge in [-0.05, 0) is 37.6 Å². The fraction of sp³-hybridized carbons (Fsp3) is 0.200. The highest BCUT2D eigenvalue weighted by Gasteiger charge is 2.30. The Morgan fingerprint density at radius 3 is 2.59 bits per heavy atom. The maximum atomic E-state index is 13.6. The average molecular weight is 432 g/mol. The molecule has 0 radical (unpaired) electrons. The molecule has 9 heteroatoms. The molecule has 1 unspecified atom stereocenters. The van der Waals surface area contributed by atoms with E-state index in [9.17, 15) is 14.5 Å². The van der Waals surface area contributed by atoms with Crippen LogP contribution in [-0.2, 0) is 9.09 Å². The number of carbonyl (C=O) groups is 1. The smallest absolute Gasteiger partial charge is 0.348 e. The van der Waals surface area contributed by atoms with Crippen LogP contribution in [0.5, 0.6) is 5.75 Å². The van der Waals surface area contributed by atoms with Crippen LogP contribution in [0.15, 0.2) is 42.7 Å². The summed E-state index contributed by atoms with van der Waals surface area (Å²) in [5.74, 6) is -0.566. The third kappa shape index (κ3) is 4.19. The molecule has 2 aromatic heterocycles. The third-order valence-corrected chi connectivity index (χ3v) is 7.73. The molecule has 0 saturated carbocycles. The molecule has 2 heterocycles. The van der Waals surface area contributed by atoms with Crippen LogP contribution in [0.3, 0.4) is 0 Å². The van der Waals surface area contributed by atoms with Gasteiger partial charge in [0.1, 0.15) is 10.6 Å². The Morgan fingerprint density at radius 1 is 1.21 bits per heavy atom. The first-order chi connectivity index (χ1) is 13.8. The molecule has 0 fully saturated rings. The van der Waals surface area contributed by atoms with Crippen LogP contribution < -0.4 is 15.1 Å². The normalized spacial score (nSPS) is 13.0. The van der Waals surface area contributed by atoms with E-state index in [1.807, 2.05) is 26.0 Å². The summed E-state index contributed by atoms with van der Waals surface area (Å²) < 4.78 is 24.3. The summed E-state index contributed by atoms with van der Waals surface area (Å²) in [4.78, 5) is 16.6. The molecule has 29 heavy (non-hydrogen) atoms. The van der Waals surface area contributed by atoms with Crippen molar-refractivity contribution < 1.29 is 23.7 Å². The van der Waals surface area contributed by atoms with E-state index in [0.29, 0.717) is 21.5 Å². The zero-order valence-electron chi connectivity index (χ0n) is 16.4. The van der Waals surface area contributed by atoms with Crippen LogP contribution in [0.25, 0.3) is 10.4 Å². The molecule has 0 aliphatic heterocycles. The lowest BCUT2D eigenvalue weighted by Crippen LogP contribution is -2.17. The van der Waals surface area contributed by atoms with Gasteiger partial charge in [-0.1, -0.05) is 17.7 Å². The molecule has 0 amide bonds. The summed E-state index contributed by atoms with van der Waals surface area (Å²) in [6, 6.07) is 8.80. The number of aryl methyl sites for hydroxylation is 2. The lowest BCUT2D eigenvalue weighted by molar-refractivity contribution is 0.0703. The Bertz CT molecular complexity index is 1110. The second-order valence-corrected chi connectivity index (χ2v) is 9.60. The van der Waals surface area contributed by atoms with E-state index < -0.39 is 13.5 Å². The summed E-state index contributed by atoms with van der Waals surface area (Å²) >= 11 is 1.04. The minimum Gasteiger partial charge on any atom is -0.496 e. The van der Waals surface area contributed by atoms with Gasteiger partial charge in [0, 0.05) is 24.4 Å². The number of carboxylic acid groups (broad SMARTS) is 1. The topological polar surface area (TPSA) is 97.8 Å². The van der Waals surface area contributed by atoms with Crippen LogP contribution in [0.4, 0.5) is 5.69 Å². The number of hydrogen-bond acceptors (Lipinski definition) is 6. The third-order valence-electron chi connectivity index (χ3n) is 4.39. The molecular formula is C20H21N2O5PS. The molecule has 1 atom stereocenters. The highest BCUT2D eigenvalue weighted by molar-refractivity contribution is 7.68. The van der Waals surface area contributed by atoms with Gasteiger partial charge in [-0.2, -0.15) is 0 Å². The van der Waals surface area contributed by atoms with Gasteiger partial charge in [-0.15, -0.1) is 11.3 Å². The number of aromatic nitrogens is 1. The van der Waals surface area contributed by atoms with Gasteiger partial charge < -0.3 is 19.5 Å². The Kier molecular flexibility index (Phi) is 6.07. The van der Waals surface area contributed by atoms with E-state index in [4.69, 9.17) is 9.26 Å². The summed E-state index contributed by atoms with van der Waals surface area (Å²) in [5, 5.41) is 13.0. The monoisotopic (exact) mass is 432 g/mol. The summed E-state index contributed by atoms with van der Waals surface area (Å²) in [5.41, 5.74) is 2.69. The number of anilines is 1. The zero-order chi connectivity index (χ0) is 21.2. The maximum absolute atomic E-state index is 13.6. The Labute approximate surface area is 172 Å². The summed E-state index contributed by atoms with van der Waals surface area (Å²) in [6.07, 6.45) is 3.19. The standard InChI is InChI=1S/C20H21N2O5PS/c1-12-5-6-17(13(2)9-12)28(25,27-4)22-15-10-18(29-19(15)20(23)24)14-11-21-8-7-16(14)26-3/h5-11H,1-4H3,(H,22,25)(H,23,24). The molecule has 7 nitrogen and oxygen atoms in total. The first kappa shape index (κ1) is 21.0. The quantitative estimate of drug-likeness (QED) is 0.522. The van der Waals surface area contributed by atoms with Crippen LogP contribution >= 0.6 is 18.9 Å². The van der Waals surface area contributed by atoms with Crippen molar-refractivity contribution in [1.29, 1.82) is 0 Å². The number of pyridine rings is 1. The minimum atomic E-state index is -3.55. The van der Waals surface area contributed by atoms with E-state index in [1.165, 1.54) is 14.2 Å². The Balaban J connectivity index is 2.09. The minimum absolute atomic E-state index is 0.0212. The summed E-state index contributed by atoms with van der Waals surface area (Å²) in [6.45, 7) is 3.78. The molecule has 3 rings (SSSR count). The fourth-order valence-corrected chi connectivity index (χ4v) is 5.75. The SMILES string of the molecule is COc1ccncc1-c1cc(NP(=O)(OC)c2ccc(C)cc2C)c(C(=O)O)s1. The lowest BCUT2D eigenvalue weighted by Gasteiger charge is -2.20. The summed E-state index contributed by atoms with van der Waals surface area (Å²) in [7, 11) is -0.680. The van der Waals surface area contributed by atoms with Gasteiger partial charge >= 0.3 is 13.5 Å². The zero-order valence-corrected chi connectivity index (χ0v) is 18.1. The van der Waals surface area contributed by atoms with Gasteiger partial charge in [0.2, 0.25) is 0 Å². The van der Waals surface area contributed by atoms with Crippen LogP contribution in [0.1, 0.15) is 20.8 Å².